The van der Waals surface area contributed by atoms with Crippen LogP contribution in [0, 0.1) is 0 Å². The number of carbonyl (C=O) groups is 1. The molecule has 1 atom stereocenters. The van der Waals surface area contributed by atoms with Crippen LogP contribution in [0.5, 0.6) is 5.75 Å². The zero-order valence-electron chi connectivity index (χ0n) is 16.2. The van der Waals surface area contributed by atoms with E-state index in [1.54, 1.807) is 18.2 Å². The predicted molar refractivity (Wildman–Crippen MR) is 116 cm³/mol. The van der Waals surface area contributed by atoms with E-state index in [-0.39, 0.29) is 11.2 Å². The van der Waals surface area contributed by atoms with Gasteiger partial charge < -0.3 is 4.74 Å². The first kappa shape index (κ1) is 20.1. The van der Waals surface area contributed by atoms with E-state index in [0.29, 0.717) is 11.7 Å². The van der Waals surface area contributed by atoms with Gasteiger partial charge in [-0.25, -0.2) is 0 Å². The van der Waals surface area contributed by atoms with E-state index in [9.17, 15) is 4.79 Å². The minimum atomic E-state index is -0.0707. The summed E-state index contributed by atoms with van der Waals surface area (Å²) >= 11 is 1.52. The summed E-state index contributed by atoms with van der Waals surface area (Å²) in [6, 6.07) is 17.6. The molecule has 28 heavy (non-hydrogen) atoms. The number of amidine groups is 1. The van der Waals surface area contributed by atoms with Gasteiger partial charge in [-0.3, -0.25) is 9.69 Å². The zero-order valence-corrected chi connectivity index (χ0v) is 17.1. The highest BCUT2D eigenvalue weighted by molar-refractivity contribution is 8.15. The molecule has 146 valence electrons. The Bertz CT molecular complexity index is 835. The average molecular weight is 396 g/mol. The lowest BCUT2D eigenvalue weighted by atomic mass is 10.1. The van der Waals surface area contributed by atoms with Crippen LogP contribution in [0.3, 0.4) is 0 Å². The Kier molecular flexibility index (Phi) is 7.25. The van der Waals surface area contributed by atoms with Gasteiger partial charge in [-0.05, 0) is 41.8 Å². The highest BCUT2D eigenvalue weighted by Crippen LogP contribution is 2.32. The minimum absolute atomic E-state index is 0.0707. The fraction of sp³-hybridized carbons (Fsp3) is 0.318. The Labute approximate surface area is 170 Å². The second-order valence-corrected chi connectivity index (χ2v) is 7.73. The smallest absolute Gasteiger partial charge is 0.242 e. The maximum atomic E-state index is 12.9. The molecule has 6 heteroatoms. The molecule has 5 nitrogen and oxygen atoms in total. The number of unbranched alkanes of at least 4 members (excludes halogenated alkanes) is 1. The monoisotopic (exact) mass is 395 g/mol. The molecule has 2 aromatic rings. The summed E-state index contributed by atoms with van der Waals surface area (Å²) in [6.07, 6.45) is 4.67. The van der Waals surface area contributed by atoms with E-state index in [0.717, 1.165) is 36.1 Å². The van der Waals surface area contributed by atoms with E-state index < -0.39 is 0 Å². The van der Waals surface area contributed by atoms with Crippen LogP contribution in [-0.4, -0.2) is 34.5 Å². The standard InChI is InChI=1S/C22H25N3O2S/c1-3-4-10-20-21(26)25(16-18-8-6-5-7-9-18)22(28-20)24-23-15-17-11-13-19(27-2)14-12-17/h5-9,11-15,20H,3-4,10,16H2,1-2H3. The molecule has 0 N–H and O–H groups in total. The Morgan fingerprint density at radius 3 is 2.57 bits per heavy atom. The average Bonchev–Trinajstić information content (AvgIpc) is 3.02. The van der Waals surface area contributed by atoms with Gasteiger partial charge in [0, 0.05) is 0 Å². The number of carbonyl (C=O) groups excluding carboxylic acids is 1. The van der Waals surface area contributed by atoms with Crippen LogP contribution in [0.15, 0.2) is 64.8 Å². The number of ether oxygens (including phenoxy) is 1. The molecule has 0 aliphatic carbocycles. The maximum absolute atomic E-state index is 12.9. The van der Waals surface area contributed by atoms with E-state index in [2.05, 4.69) is 17.1 Å². The SMILES string of the molecule is CCCCC1SC(=NN=Cc2ccc(OC)cc2)N(Cc2ccccc2)C1=O. The second kappa shape index (κ2) is 10.1. The molecule has 0 spiro atoms. The minimum Gasteiger partial charge on any atom is -0.497 e. The van der Waals surface area contributed by atoms with Crippen molar-refractivity contribution >= 4 is 29.1 Å². The predicted octanol–water partition coefficient (Wildman–Crippen LogP) is 4.72. The molecule has 0 radical (unpaired) electrons. The van der Waals surface area contributed by atoms with Crippen LogP contribution < -0.4 is 4.74 Å². The van der Waals surface area contributed by atoms with Gasteiger partial charge in [0.1, 0.15) is 5.75 Å². The molecule has 2 aromatic carbocycles. The molecule has 1 unspecified atom stereocenters. The molecule has 1 saturated heterocycles. The van der Waals surface area contributed by atoms with Gasteiger partial charge in [0.25, 0.3) is 0 Å². The lowest BCUT2D eigenvalue weighted by Gasteiger charge is -2.15. The van der Waals surface area contributed by atoms with Crippen molar-refractivity contribution in [2.24, 2.45) is 10.2 Å². The van der Waals surface area contributed by atoms with Crippen molar-refractivity contribution in [3.05, 3.63) is 65.7 Å². The molecule has 3 rings (SSSR count). The van der Waals surface area contributed by atoms with Crippen LogP contribution in [0.1, 0.15) is 37.3 Å². The van der Waals surface area contributed by atoms with Gasteiger partial charge in [-0.2, -0.15) is 5.10 Å². The summed E-state index contributed by atoms with van der Waals surface area (Å²) in [5, 5.41) is 9.19. The maximum Gasteiger partial charge on any atom is 0.242 e. The molecule has 0 saturated carbocycles. The quantitative estimate of drug-likeness (QED) is 0.480. The highest BCUT2D eigenvalue weighted by Gasteiger charge is 2.37. The van der Waals surface area contributed by atoms with Crippen LogP contribution in [-0.2, 0) is 11.3 Å². The van der Waals surface area contributed by atoms with Gasteiger partial charge >= 0.3 is 0 Å². The number of methoxy groups -OCH3 is 1. The molecule has 1 aliphatic rings. The van der Waals surface area contributed by atoms with E-state index in [4.69, 9.17) is 4.74 Å². The van der Waals surface area contributed by atoms with Crippen molar-refractivity contribution in [3.8, 4) is 5.75 Å². The fourth-order valence-electron chi connectivity index (χ4n) is 2.91. The third-order valence-electron chi connectivity index (χ3n) is 4.49. The number of hydrogen-bond acceptors (Lipinski definition) is 5. The number of benzene rings is 2. The summed E-state index contributed by atoms with van der Waals surface area (Å²) in [7, 11) is 1.64. The highest BCUT2D eigenvalue weighted by atomic mass is 32.2. The fourth-order valence-corrected chi connectivity index (χ4v) is 4.05. The van der Waals surface area contributed by atoms with Crippen LogP contribution in [0.4, 0.5) is 0 Å². The van der Waals surface area contributed by atoms with Crippen molar-refractivity contribution in [2.75, 3.05) is 7.11 Å². The van der Waals surface area contributed by atoms with Gasteiger partial charge in [-0.1, -0.05) is 61.9 Å². The largest absolute Gasteiger partial charge is 0.497 e. The number of thioether (sulfide) groups is 1. The van der Waals surface area contributed by atoms with Crippen LogP contribution >= 0.6 is 11.8 Å². The van der Waals surface area contributed by atoms with Gasteiger partial charge in [-0.15, -0.1) is 5.10 Å². The van der Waals surface area contributed by atoms with Crippen molar-refractivity contribution in [2.45, 2.75) is 38.0 Å². The van der Waals surface area contributed by atoms with Crippen molar-refractivity contribution in [1.29, 1.82) is 0 Å². The molecule has 1 heterocycles. The number of amides is 1. The van der Waals surface area contributed by atoms with Crippen molar-refractivity contribution in [3.63, 3.8) is 0 Å². The van der Waals surface area contributed by atoms with Crippen molar-refractivity contribution in [1.82, 2.24) is 4.90 Å². The Balaban J connectivity index is 1.76. The lowest BCUT2D eigenvalue weighted by molar-refractivity contribution is -0.126. The number of hydrogen-bond donors (Lipinski definition) is 0. The normalized spacial score (nSPS) is 18.4. The third kappa shape index (κ3) is 5.23. The molecule has 1 amide bonds. The first-order valence-corrected chi connectivity index (χ1v) is 10.4. The zero-order chi connectivity index (χ0) is 19.8. The van der Waals surface area contributed by atoms with E-state index >= 15 is 0 Å². The lowest BCUT2D eigenvalue weighted by Crippen LogP contribution is -2.31. The topological polar surface area (TPSA) is 54.3 Å². The Morgan fingerprint density at radius 1 is 1.14 bits per heavy atom. The first-order valence-electron chi connectivity index (χ1n) is 9.48. The molecular formula is C22H25N3O2S. The second-order valence-electron chi connectivity index (χ2n) is 6.56. The number of rotatable bonds is 8. The number of nitrogens with zero attached hydrogens (tertiary/aromatic N) is 3. The molecular weight excluding hydrogens is 370 g/mol. The molecule has 0 bridgehead atoms. The molecule has 1 fully saturated rings. The summed E-state index contributed by atoms with van der Waals surface area (Å²) in [4.78, 5) is 14.6. The van der Waals surface area contributed by atoms with Crippen LogP contribution in [0.2, 0.25) is 0 Å². The van der Waals surface area contributed by atoms with Gasteiger partial charge in [0.15, 0.2) is 5.17 Å². The Morgan fingerprint density at radius 2 is 1.89 bits per heavy atom. The summed E-state index contributed by atoms with van der Waals surface area (Å²) in [6.45, 7) is 2.66. The molecule has 1 aliphatic heterocycles. The third-order valence-corrected chi connectivity index (χ3v) is 5.72. The van der Waals surface area contributed by atoms with Gasteiger partial charge in [0.05, 0.1) is 25.1 Å². The summed E-state index contributed by atoms with van der Waals surface area (Å²) < 4.78 is 5.16. The van der Waals surface area contributed by atoms with Gasteiger partial charge in [0.2, 0.25) is 5.91 Å². The van der Waals surface area contributed by atoms with Crippen molar-refractivity contribution < 1.29 is 9.53 Å². The van der Waals surface area contributed by atoms with E-state index in [1.807, 2.05) is 54.6 Å². The summed E-state index contributed by atoms with van der Waals surface area (Å²) in [5.74, 6) is 0.925. The van der Waals surface area contributed by atoms with E-state index in [1.165, 1.54) is 11.8 Å². The Hall–Kier alpha value is -2.60. The molecule has 0 aromatic heterocycles. The first-order chi connectivity index (χ1) is 13.7. The van der Waals surface area contributed by atoms with Crippen LogP contribution in [0.25, 0.3) is 0 Å². The summed E-state index contributed by atoms with van der Waals surface area (Å²) in [5.41, 5.74) is 2.01.